The van der Waals surface area contributed by atoms with Crippen molar-refractivity contribution in [3.8, 4) is 5.69 Å². The summed E-state index contributed by atoms with van der Waals surface area (Å²) < 4.78 is 25.2. The maximum atomic E-state index is 11.7. The summed E-state index contributed by atoms with van der Waals surface area (Å²) in [6, 6.07) is 6.68. The lowest BCUT2D eigenvalue weighted by molar-refractivity contribution is 0.263. The topological polar surface area (TPSA) is 68.1 Å². The monoisotopic (exact) mass is 360 g/mol. The van der Waals surface area contributed by atoms with Gasteiger partial charge in [-0.2, -0.15) is 5.10 Å². The Morgan fingerprint density at radius 1 is 1.28 bits per heavy atom. The van der Waals surface area contributed by atoms with Crippen molar-refractivity contribution in [2.45, 2.75) is 38.1 Å². The molecule has 0 radical (unpaired) electrons. The molecule has 1 aliphatic carbocycles. The number of benzene rings is 1. The molecule has 0 saturated carbocycles. The van der Waals surface area contributed by atoms with Crippen LogP contribution in [0.1, 0.15) is 29.8 Å². The molecule has 1 fully saturated rings. The number of hydrogen-bond acceptors (Lipinski definition) is 5. The number of sulfone groups is 1. The molecule has 1 aromatic carbocycles. The Bertz CT molecular complexity index is 875. The lowest BCUT2D eigenvalue weighted by Gasteiger charge is -2.22. The summed E-state index contributed by atoms with van der Waals surface area (Å²) >= 11 is 0. The van der Waals surface area contributed by atoms with Gasteiger partial charge in [0.25, 0.3) is 0 Å². The SMILES string of the molecule is CN(CCc1ncnn1-c1ccc2c(c1)CCC2)[C@@H]1CCS(=O)(=O)C1. The minimum absolute atomic E-state index is 0.126. The molecule has 134 valence electrons. The first kappa shape index (κ1) is 16.7. The first-order valence-electron chi connectivity index (χ1n) is 8.93. The fraction of sp³-hybridized carbons (Fsp3) is 0.556. The number of aromatic nitrogens is 3. The van der Waals surface area contributed by atoms with E-state index < -0.39 is 9.84 Å². The van der Waals surface area contributed by atoms with Crippen LogP contribution in [0.5, 0.6) is 0 Å². The zero-order valence-corrected chi connectivity index (χ0v) is 15.4. The second-order valence-corrected chi connectivity index (χ2v) is 9.41. The summed E-state index contributed by atoms with van der Waals surface area (Å²) in [7, 11) is -0.843. The van der Waals surface area contributed by atoms with Gasteiger partial charge in [-0.05, 0) is 56.0 Å². The van der Waals surface area contributed by atoms with Gasteiger partial charge in [0.15, 0.2) is 9.84 Å². The zero-order chi connectivity index (χ0) is 17.4. The summed E-state index contributed by atoms with van der Waals surface area (Å²) in [5, 5.41) is 4.40. The third-order valence-corrected chi connectivity index (χ3v) is 7.22. The Hall–Kier alpha value is -1.73. The first-order chi connectivity index (χ1) is 12.0. The van der Waals surface area contributed by atoms with Crippen LogP contribution >= 0.6 is 0 Å². The predicted octanol–water partition coefficient (Wildman–Crippen LogP) is 1.42. The van der Waals surface area contributed by atoms with Gasteiger partial charge in [0, 0.05) is 19.0 Å². The van der Waals surface area contributed by atoms with E-state index >= 15 is 0 Å². The van der Waals surface area contributed by atoms with E-state index in [2.05, 4.69) is 33.2 Å². The Labute approximate surface area is 148 Å². The van der Waals surface area contributed by atoms with E-state index in [0.29, 0.717) is 5.75 Å². The van der Waals surface area contributed by atoms with Crippen molar-refractivity contribution in [3.63, 3.8) is 0 Å². The third kappa shape index (κ3) is 3.48. The van der Waals surface area contributed by atoms with Gasteiger partial charge in [-0.1, -0.05) is 6.07 Å². The van der Waals surface area contributed by atoms with Gasteiger partial charge in [0.05, 0.1) is 17.2 Å². The van der Waals surface area contributed by atoms with Crippen LogP contribution in [0.25, 0.3) is 5.69 Å². The van der Waals surface area contributed by atoms with E-state index in [1.165, 1.54) is 24.0 Å². The van der Waals surface area contributed by atoms with Crippen LogP contribution in [0.3, 0.4) is 0 Å². The van der Waals surface area contributed by atoms with Crippen molar-refractivity contribution in [2.24, 2.45) is 0 Å². The van der Waals surface area contributed by atoms with Crippen molar-refractivity contribution >= 4 is 9.84 Å². The minimum Gasteiger partial charge on any atom is -0.302 e. The molecule has 0 N–H and O–H groups in total. The van der Waals surface area contributed by atoms with Crippen molar-refractivity contribution in [1.29, 1.82) is 0 Å². The van der Waals surface area contributed by atoms with Crippen molar-refractivity contribution in [2.75, 3.05) is 25.1 Å². The smallest absolute Gasteiger partial charge is 0.151 e. The molecule has 25 heavy (non-hydrogen) atoms. The molecule has 1 saturated heterocycles. The molecular formula is C18H24N4O2S. The Morgan fingerprint density at radius 3 is 2.92 bits per heavy atom. The molecule has 1 aliphatic heterocycles. The van der Waals surface area contributed by atoms with Crippen LogP contribution in [0.2, 0.25) is 0 Å². The summed E-state index contributed by atoms with van der Waals surface area (Å²) in [5.41, 5.74) is 3.94. The highest BCUT2D eigenvalue weighted by Crippen LogP contribution is 2.24. The highest BCUT2D eigenvalue weighted by molar-refractivity contribution is 7.91. The molecule has 1 aromatic heterocycles. The van der Waals surface area contributed by atoms with E-state index in [0.717, 1.165) is 37.3 Å². The number of rotatable bonds is 5. The molecule has 4 rings (SSSR count). The van der Waals surface area contributed by atoms with Crippen LogP contribution in [0.4, 0.5) is 0 Å². The van der Waals surface area contributed by atoms with E-state index in [1.807, 2.05) is 11.7 Å². The number of likely N-dealkylation sites (N-methyl/N-ethyl adjacent to an activating group) is 1. The molecule has 2 aliphatic rings. The third-order valence-electron chi connectivity index (χ3n) is 5.46. The van der Waals surface area contributed by atoms with Crippen molar-refractivity contribution < 1.29 is 8.42 Å². The van der Waals surface area contributed by atoms with E-state index in [4.69, 9.17) is 0 Å². The van der Waals surface area contributed by atoms with Gasteiger partial charge >= 0.3 is 0 Å². The molecule has 2 aromatic rings. The van der Waals surface area contributed by atoms with Gasteiger partial charge in [0.2, 0.25) is 0 Å². The number of hydrogen-bond donors (Lipinski definition) is 0. The molecule has 0 unspecified atom stereocenters. The van der Waals surface area contributed by atoms with Crippen molar-refractivity contribution in [3.05, 3.63) is 41.5 Å². The van der Waals surface area contributed by atoms with Gasteiger partial charge < -0.3 is 4.90 Å². The Balaban J connectivity index is 1.45. The van der Waals surface area contributed by atoms with Gasteiger partial charge in [-0.25, -0.2) is 18.1 Å². The van der Waals surface area contributed by atoms with Crippen LogP contribution in [-0.2, 0) is 29.1 Å². The van der Waals surface area contributed by atoms with Crippen LogP contribution < -0.4 is 0 Å². The lowest BCUT2D eigenvalue weighted by Crippen LogP contribution is -2.34. The van der Waals surface area contributed by atoms with E-state index in [9.17, 15) is 8.42 Å². The quantitative estimate of drug-likeness (QED) is 0.807. The Morgan fingerprint density at radius 2 is 2.12 bits per heavy atom. The first-order valence-corrected chi connectivity index (χ1v) is 10.8. The van der Waals surface area contributed by atoms with Gasteiger partial charge in [0.1, 0.15) is 12.2 Å². The maximum Gasteiger partial charge on any atom is 0.151 e. The van der Waals surface area contributed by atoms with Gasteiger partial charge in [-0.3, -0.25) is 0 Å². The number of aryl methyl sites for hydroxylation is 2. The molecule has 0 bridgehead atoms. The standard InChI is InChI=1S/C18H24N4O2S/c1-21(17-8-10-25(23,24)12-17)9-7-18-19-13-20-22(18)16-6-5-14-3-2-4-15(14)11-16/h5-6,11,13,17H,2-4,7-10,12H2,1H3/t17-/m1/s1. The molecule has 1 atom stereocenters. The fourth-order valence-electron chi connectivity index (χ4n) is 3.92. The summed E-state index contributed by atoms with van der Waals surface area (Å²) in [4.78, 5) is 6.57. The minimum atomic E-state index is -2.84. The molecule has 2 heterocycles. The molecular weight excluding hydrogens is 336 g/mol. The van der Waals surface area contributed by atoms with Crippen LogP contribution in [0, 0.1) is 0 Å². The second kappa shape index (κ2) is 6.53. The molecule has 6 nitrogen and oxygen atoms in total. The highest BCUT2D eigenvalue weighted by atomic mass is 32.2. The lowest BCUT2D eigenvalue weighted by atomic mass is 10.1. The van der Waals surface area contributed by atoms with E-state index in [-0.39, 0.29) is 11.8 Å². The summed E-state index contributed by atoms with van der Waals surface area (Å²) in [6.07, 6.45) is 6.64. The summed E-state index contributed by atoms with van der Waals surface area (Å²) in [5.74, 6) is 1.51. The highest BCUT2D eigenvalue weighted by Gasteiger charge is 2.30. The predicted molar refractivity (Wildman–Crippen MR) is 96.8 cm³/mol. The number of fused-ring (bicyclic) bond motifs is 1. The molecule has 0 amide bonds. The molecule has 7 heteroatoms. The van der Waals surface area contributed by atoms with E-state index in [1.54, 1.807) is 6.33 Å². The van der Waals surface area contributed by atoms with Crippen LogP contribution in [0.15, 0.2) is 24.5 Å². The Kier molecular flexibility index (Phi) is 4.37. The average molecular weight is 360 g/mol. The zero-order valence-electron chi connectivity index (χ0n) is 14.6. The maximum absolute atomic E-state index is 11.7. The average Bonchev–Trinajstić information content (AvgIpc) is 3.30. The van der Waals surface area contributed by atoms with Crippen LogP contribution in [-0.4, -0.2) is 59.2 Å². The summed E-state index contributed by atoms with van der Waals surface area (Å²) in [6.45, 7) is 0.782. The largest absolute Gasteiger partial charge is 0.302 e. The number of nitrogens with zero attached hydrogens (tertiary/aromatic N) is 4. The van der Waals surface area contributed by atoms with Gasteiger partial charge in [-0.15, -0.1) is 0 Å². The van der Waals surface area contributed by atoms with Crippen molar-refractivity contribution in [1.82, 2.24) is 19.7 Å². The normalized spacial score (nSPS) is 21.8. The second-order valence-electron chi connectivity index (χ2n) is 7.18. The molecule has 0 spiro atoms. The fourth-order valence-corrected chi connectivity index (χ4v) is 5.73.